The van der Waals surface area contributed by atoms with Gasteiger partial charge in [-0.3, -0.25) is 0 Å². The van der Waals surface area contributed by atoms with Gasteiger partial charge in [0.1, 0.15) is 5.75 Å². The van der Waals surface area contributed by atoms with E-state index in [4.69, 9.17) is 4.74 Å². The molecule has 20 heavy (non-hydrogen) atoms. The monoisotopic (exact) mass is 262 g/mol. The van der Waals surface area contributed by atoms with E-state index in [0.29, 0.717) is 0 Å². The molecule has 0 aliphatic heterocycles. The van der Waals surface area contributed by atoms with Gasteiger partial charge in [0, 0.05) is 51.4 Å². The number of methoxy groups -OCH3 is 1. The van der Waals surface area contributed by atoms with E-state index >= 15 is 0 Å². The summed E-state index contributed by atoms with van der Waals surface area (Å²) in [6.45, 7) is 0. The minimum Gasteiger partial charge on any atom is -0.497 e. The lowest BCUT2D eigenvalue weighted by molar-refractivity contribution is 0.415. The van der Waals surface area contributed by atoms with Crippen molar-refractivity contribution in [3.8, 4) is 16.9 Å². The van der Waals surface area contributed by atoms with Crippen LogP contribution in [0.4, 0.5) is 0 Å². The molecule has 0 radical (unpaired) electrons. The molecular formula is C17H14N2O. The van der Waals surface area contributed by atoms with Crippen LogP contribution in [-0.4, -0.2) is 17.1 Å². The number of ether oxygens (including phenoxy) is 1. The summed E-state index contributed by atoms with van der Waals surface area (Å²) in [7, 11) is 1.69. The van der Waals surface area contributed by atoms with Gasteiger partial charge < -0.3 is 14.7 Å². The number of aromatic nitrogens is 2. The van der Waals surface area contributed by atoms with Gasteiger partial charge >= 0.3 is 0 Å². The van der Waals surface area contributed by atoms with E-state index in [-0.39, 0.29) is 0 Å². The molecule has 0 saturated heterocycles. The van der Waals surface area contributed by atoms with E-state index in [0.717, 1.165) is 16.8 Å². The summed E-state index contributed by atoms with van der Waals surface area (Å²) >= 11 is 0. The number of fused-ring (bicyclic) bond motifs is 2. The Morgan fingerprint density at radius 3 is 2.30 bits per heavy atom. The molecular weight excluding hydrogens is 248 g/mol. The summed E-state index contributed by atoms with van der Waals surface area (Å²) in [6, 6.07) is 14.5. The Hall–Kier alpha value is -2.68. The highest BCUT2D eigenvalue weighted by Crippen LogP contribution is 2.34. The highest BCUT2D eigenvalue weighted by Gasteiger charge is 2.11. The fourth-order valence-electron chi connectivity index (χ4n) is 2.75. The quantitative estimate of drug-likeness (QED) is 0.555. The molecule has 2 aromatic heterocycles. The highest BCUT2D eigenvalue weighted by atomic mass is 16.5. The van der Waals surface area contributed by atoms with E-state index < -0.39 is 0 Å². The fraction of sp³-hybridized carbons (Fsp3) is 0.0588. The van der Waals surface area contributed by atoms with Crippen molar-refractivity contribution in [2.75, 3.05) is 7.11 Å². The zero-order chi connectivity index (χ0) is 13.5. The first-order chi connectivity index (χ1) is 9.86. The number of hydrogen-bond acceptors (Lipinski definition) is 1. The van der Waals surface area contributed by atoms with E-state index in [1.807, 2.05) is 18.2 Å². The second-order valence-electron chi connectivity index (χ2n) is 4.86. The molecule has 3 heteroatoms. The van der Waals surface area contributed by atoms with Crippen LogP contribution in [0.1, 0.15) is 0 Å². The molecule has 4 aromatic rings. The lowest BCUT2D eigenvalue weighted by atomic mass is 10.0. The molecule has 2 aromatic carbocycles. The number of rotatable bonds is 2. The summed E-state index contributed by atoms with van der Waals surface area (Å²) in [5.74, 6) is 0.866. The van der Waals surface area contributed by atoms with E-state index in [2.05, 4.69) is 46.6 Å². The fourth-order valence-corrected chi connectivity index (χ4v) is 2.75. The van der Waals surface area contributed by atoms with E-state index in [1.54, 1.807) is 7.11 Å². The van der Waals surface area contributed by atoms with Gasteiger partial charge in [0.2, 0.25) is 0 Å². The Bertz CT molecular complexity index is 902. The van der Waals surface area contributed by atoms with Crippen LogP contribution in [0.3, 0.4) is 0 Å². The minimum absolute atomic E-state index is 0.866. The van der Waals surface area contributed by atoms with Gasteiger partial charge in [-0.25, -0.2) is 0 Å². The van der Waals surface area contributed by atoms with Gasteiger partial charge in [-0.2, -0.15) is 0 Å². The second-order valence-corrected chi connectivity index (χ2v) is 4.86. The molecule has 0 aliphatic carbocycles. The standard InChI is InChI=1S/C17H14N2O/c1-20-11-6-7-13-15(10-19-17(13)8-11)14-9-18-16-5-3-2-4-12(14)16/h2-10,18-19H,1H3. The summed E-state index contributed by atoms with van der Waals surface area (Å²) in [4.78, 5) is 6.65. The molecule has 0 saturated carbocycles. The molecule has 0 amide bonds. The number of nitrogens with one attached hydrogen (secondary N) is 2. The smallest absolute Gasteiger partial charge is 0.120 e. The van der Waals surface area contributed by atoms with Gasteiger partial charge in [0.05, 0.1) is 7.11 Å². The molecule has 0 atom stereocenters. The van der Waals surface area contributed by atoms with Crippen molar-refractivity contribution in [3.63, 3.8) is 0 Å². The van der Waals surface area contributed by atoms with Crippen LogP contribution in [0.2, 0.25) is 0 Å². The third kappa shape index (κ3) is 1.53. The zero-order valence-corrected chi connectivity index (χ0v) is 11.1. The summed E-state index contributed by atoms with van der Waals surface area (Å²) in [5, 5.41) is 2.44. The molecule has 2 N–H and O–H groups in total. The van der Waals surface area contributed by atoms with Crippen LogP contribution in [0.25, 0.3) is 32.9 Å². The number of H-pyrrole nitrogens is 2. The SMILES string of the molecule is COc1ccc2c(-c3c[nH]c4ccccc34)c[nH]c2c1. The molecule has 98 valence electrons. The minimum atomic E-state index is 0.866. The third-order valence-corrected chi connectivity index (χ3v) is 3.77. The Morgan fingerprint density at radius 2 is 1.50 bits per heavy atom. The lowest BCUT2D eigenvalue weighted by Crippen LogP contribution is -1.81. The van der Waals surface area contributed by atoms with Crippen molar-refractivity contribution < 1.29 is 4.74 Å². The molecule has 0 aliphatic rings. The van der Waals surface area contributed by atoms with Gasteiger partial charge in [-0.05, 0) is 18.2 Å². The average Bonchev–Trinajstić information content (AvgIpc) is 3.09. The average molecular weight is 262 g/mol. The Kier molecular flexibility index (Phi) is 2.33. The van der Waals surface area contributed by atoms with Crippen molar-refractivity contribution in [2.24, 2.45) is 0 Å². The van der Waals surface area contributed by atoms with Crippen LogP contribution in [-0.2, 0) is 0 Å². The number of para-hydroxylation sites is 1. The first-order valence-corrected chi connectivity index (χ1v) is 6.58. The Labute approximate surface area is 116 Å². The first kappa shape index (κ1) is 11.2. The van der Waals surface area contributed by atoms with E-state index in [9.17, 15) is 0 Å². The maximum atomic E-state index is 5.27. The molecule has 4 rings (SSSR count). The Morgan fingerprint density at radius 1 is 0.800 bits per heavy atom. The van der Waals surface area contributed by atoms with E-state index in [1.165, 1.54) is 21.9 Å². The lowest BCUT2D eigenvalue weighted by Gasteiger charge is -2.01. The van der Waals surface area contributed by atoms with Crippen LogP contribution >= 0.6 is 0 Å². The topological polar surface area (TPSA) is 40.8 Å². The normalized spacial score (nSPS) is 11.2. The number of aromatic amines is 2. The molecule has 2 heterocycles. The zero-order valence-electron chi connectivity index (χ0n) is 11.1. The summed E-state index contributed by atoms with van der Waals surface area (Å²) < 4.78 is 5.27. The largest absolute Gasteiger partial charge is 0.497 e. The highest BCUT2D eigenvalue weighted by molar-refractivity contribution is 6.04. The Balaban J connectivity index is 1.98. The number of hydrogen-bond donors (Lipinski definition) is 2. The summed E-state index contributed by atoms with van der Waals surface area (Å²) in [5.41, 5.74) is 4.67. The van der Waals surface area contributed by atoms with Gasteiger partial charge in [0.15, 0.2) is 0 Å². The maximum Gasteiger partial charge on any atom is 0.120 e. The van der Waals surface area contributed by atoms with Crippen LogP contribution < -0.4 is 4.74 Å². The molecule has 0 unspecified atom stereocenters. The number of benzene rings is 2. The van der Waals surface area contributed by atoms with Crippen molar-refractivity contribution in [1.29, 1.82) is 0 Å². The van der Waals surface area contributed by atoms with Crippen molar-refractivity contribution in [3.05, 3.63) is 54.9 Å². The van der Waals surface area contributed by atoms with Crippen LogP contribution in [0.5, 0.6) is 5.75 Å². The maximum absolute atomic E-state index is 5.27. The predicted octanol–water partition coefficient (Wildman–Crippen LogP) is 4.32. The summed E-state index contributed by atoms with van der Waals surface area (Å²) in [6.07, 6.45) is 4.12. The predicted molar refractivity (Wildman–Crippen MR) is 82.1 cm³/mol. The molecule has 0 spiro atoms. The van der Waals surface area contributed by atoms with Crippen molar-refractivity contribution >= 4 is 21.8 Å². The molecule has 0 fully saturated rings. The molecule has 0 bridgehead atoms. The van der Waals surface area contributed by atoms with Crippen molar-refractivity contribution in [1.82, 2.24) is 9.97 Å². The van der Waals surface area contributed by atoms with Gasteiger partial charge in [0.25, 0.3) is 0 Å². The van der Waals surface area contributed by atoms with Crippen molar-refractivity contribution in [2.45, 2.75) is 0 Å². The first-order valence-electron chi connectivity index (χ1n) is 6.58. The van der Waals surface area contributed by atoms with Gasteiger partial charge in [-0.1, -0.05) is 18.2 Å². The molecule has 3 nitrogen and oxygen atoms in total. The van der Waals surface area contributed by atoms with Crippen LogP contribution in [0, 0.1) is 0 Å². The second kappa shape index (κ2) is 4.17. The van der Waals surface area contributed by atoms with Crippen LogP contribution in [0.15, 0.2) is 54.9 Å². The van der Waals surface area contributed by atoms with Gasteiger partial charge in [-0.15, -0.1) is 0 Å². The third-order valence-electron chi connectivity index (χ3n) is 3.77.